The van der Waals surface area contributed by atoms with Crippen LogP contribution in [0.3, 0.4) is 0 Å². The Morgan fingerprint density at radius 3 is 2.41 bits per heavy atom. The molecule has 1 N–H and O–H groups in total. The van der Waals surface area contributed by atoms with Crippen LogP contribution in [0.1, 0.15) is 33.5 Å². The minimum atomic E-state index is 0.573. The fourth-order valence-electron chi connectivity index (χ4n) is 1.98. The van der Waals surface area contributed by atoms with Crippen LogP contribution >= 0.6 is 0 Å². The second-order valence-electron chi connectivity index (χ2n) is 4.84. The normalized spacial score (nSPS) is 11.5. The SMILES string of the molecule is Cc1nccc(NCCN(C(C)C)C(C)C)n1. The third-order valence-corrected chi connectivity index (χ3v) is 2.78. The van der Waals surface area contributed by atoms with Crippen LogP contribution in [0.4, 0.5) is 5.82 Å². The molecule has 0 aliphatic carbocycles. The van der Waals surface area contributed by atoms with E-state index < -0.39 is 0 Å². The van der Waals surface area contributed by atoms with E-state index in [-0.39, 0.29) is 0 Å². The Bertz CT molecular complexity index is 328. The maximum atomic E-state index is 4.32. The van der Waals surface area contributed by atoms with Crippen LogP contribution in [0.5, 0.6) is 0 Å². The Morgan fingerprint density at radius 2 is 1.88 bits per heavy atom. The number of hydrogen-bond donors (Lipinski definition) is 1. The third kappa shape index (κ3) is 4.69. The molecule has 0 unspecified atom stereocenters. The first-order valence-corrected chi connectivity index (χ1v) is 6.30. The van der Waals surface area contributed by atoms with Gasteiger partial charge in [0.1, 0.15) is 11.6 Å². The van der Waals surface area contributed by atoms with Crippen LogP contribution < -0.4 is 5.32 Å². The summed E-state index contributed by atoms with van der Waals surface area (Å²) in [6.07, 6.45) is 1.79. The fraction of sp³-hybridized carbons (Fsp3) is 0.692. The molecular weight excluding hydrogens is 212 g/mol. The Balaban J connectivity index is 2.41. The van der Waals surface area contributed by atoms with Crippen LogP contribution in [0.25, 0.3) is 0 Å². The van der Waals surface area contributed by atoms with Crippen LogP contribution in [0, 0.1) is 6.92 Å². The van der Waals surface area contributed by atoms with Gasteiger partial charge in [0.15, 0.2) is 0 Å². The molecule has 0 spiro atoms. The van der Waals surface area contributed by atoms with E-state index >= 15 is 0 Å². The van der Waals surface area contributed by atoms with E-state index in [9.17, 15) is 0 Å². The third-order valence-electron chi connectivity index (χ3n) is 2.78. The molecule has 0 fully saturated rings. The van der Waals surface area contributed by atoms with E-state index in [2.05, 4.69) is 47.9 Å². The summed E-state index contributed by atoms with van der Waals surface area (Å²) in [6.45, 7) is 12.8. The van der Waals surface area contributed by atoms with Gasteiger partial charge in [-0.1, -0.05) is 0 Å². The topological polar surface area (TPSA) is 41.1 Å². The van der Waals surface area contributed by atoms with Gasteiger partial charge in [-0.2, -0.15) is 0 Å². The van der Waals surface area contributed by atoms with Gasteiger partial charge in [-0.15, -0.1) is 0 Å². The predicted molar refractivity (Wildman–Crippen MR) is 72.2 cm³/mol. The summed E-state index contributed by atoms with van der Waals surface area (Å²) in [6, 6.07) is 3.05. The van der Waals surface area contributed by atoms with Gasteiger partial charge in [-0.05, 0) is 40.7 Å². The zero-order valence-electron chi connectivity index (χ0n) is 11.6. The van der Waals surface area contributed by atoms with Crippen molar-refractivity contribution in [3.05, 3.63) is 18.1 Å². The predicted octanol–water partition coefficient (Wildman–Crippen LogP) is 2.32. The van der Waals surface area contributed by atoms with E-state index in [1.165, 1.54) is 0 Å². The average Bonchev–Trinajstić information content (AvgIpc) is 2.23. The first-order valence-electron chi connectivity index (χ1n) is 6.30. The summed E-state index contributed by atoms with van der Waals surface area (Å²) >= 11 is 0. The molecule has 4 heteroatoms. The standard InChI is InChI=1S/C13H24N4/c1-10(2)17(11(3)4)9-8-15-13-6-7-14-12(5)16-13/h6-7,10-11H,8-9H2,1-5H3,(H,14,15,16). The molecule has 0 saturated heterocycles. The van der Waals surface area contributed by atoms with Crippen LogP contribution in [0.2, 0.25) is 0 Å². The molecule has 1 aromatic rings. The summed E-state index contributed by atoms with van der Waals surface area (Å²) < 4.78 is 0. The maximum absolute atomic E-state index is 4.32. The monoisotopic (exact) mass is 236 g/mol. The lowest BCUT2D eigenvalue weighted by Gasteiger charge is -2.30. The number of rotatable bonds is 6. The summed E-state index contributed by atoms with van der Waals surface area (Å²) in [5.74, 6) is 1.71. The van der Waals surface area contributed by atoms with E-state index in [1.807, 2.05) is 13.0 Å². The summed E-state index contributed by atoms with van der Waals surface area (Å²) in [7, 11) is 0. The molecule has 0 bridgehead atoms. The van der Waals surface area contributed by atoms with E-state index in [1.54, 1.807) is 6.20 Å². The summed E-state index contributed by atoms with van der Waals surface area (Å²) in [5.41, 5.74) is 0. The Morgan fingerprint density at radius 1 is 1.24 bits per heavy atom. The first-order chi connectivity index (χ1) is 8.00. The van der Waals surface area contributed by atoms with Gasteiger partial charge >= 0.3 is 0 Å². The zero-order valence-corrected chi connectivity index (χ0v) is 11.6. The Labute approximate surface area is 104 Å². The van der Waals surface area contributed by atoms with E-state index in [4.69, 9.17) is 0 Å². The molecule has 96 valence electrons. The maximum Gasteiger partial charge on any atom is 0.129 e. The number of nitrogens with one attached hydrogen (secondary N) is 1. The van der Waals surface area contributed by atoms with Crippen molar-refractivity contribution in [2.24, 2.45) is 0 Å². The van der Waals surface area contributed by atoms with Crippen molar-refractivity contribution in [2.75, 3.05) is 18.4 Å². The smallest absolute Gasteiger partial charge is 0.129 e. The van der Waals surface area contributed by atoms with Crippen molar-refractivity contribution in [1.29, 1.82) is 0 Å². The molecule has 0 aliphatic rings. The number of nitrogens with zero attached hydrogens (tertiary/aromatic N) is 3. The van der Waals surface area contributed by atoms with Gasteiger partial charge in [-0.25, -0.2) is 9.97 Å². The summed E-state index contributed by atoms with van der Waals surface area (Å²) in [4.78, 5) is 10.9. The minimum absolute atomic E-state index is 0.573. The number of anilines is 1. The average molecular weight is 236 g/mol. The molecule has 0 aliphatic heterocycles. The molecule has 1 aromatic heterocycles. The minimum Gasteiger partial charge on any atom is -0.369 e. The van der Waals surface area contributed by atoms with Crippen molar-refractivity contribution in [3.8, 4) is 0 Å². The highest BCUT2D eigenvalue weighted by Gasteiger charge is 2.12. The van der Waals surface area contributed by atoms with Crippen molar-refractivity contribution in [1.82, 2.24) is 14.9 Å². The molecule has 0 aromatic carbocycles. The molecule has 4 nitrogen and oxygen atoms in total. The number of aryl methyl sites for hydroxylation is 1. The van der Waals surface area contributed by atoms with Crippen LogP contribution in [-0.4, -0.2) is 40.0 Å². The van der Waals surface area contributed by atoms with Crippen LogP contribution in [-0.2, 0) is 0 Å². The van der Waals surface area contributed by atoms with Gasteiger partial charge in [0.05, 0.1) is 0 Å². The lowest BCUT2D eigenvalue weighted by atomic mass is 10.2. The largest absolute Gasteiger partial charge is 0.369 e. The van der Waals surface area contributed by atoms with E-state index in [0.717, 1.165) is 24.7 Å². The second-order valence-corrected chi connectivity index (χ2v) is 4.84. The van der Waals surface area contributed by atoms with Gasteiger partial charge < -0.3 is 5.32 Å². The fourth-order valence-corrected chi connectivity index (χ4v) is 1.98. The molecular formula is C13H24N4. The molecule has 0 atom stereocenters. The zero-order chi connectivity index (χ0) is 12.8. The van der Waals surface area contributed by atoms with Gasteiger partial charge in [0.2, 0.25) is 0 Å². The molecule has 17 heavy (non-hydrogen) atoms. The van der Waals surface area contributed by atoms with Crippen molar-refractivity contribution < 1.29 is 0 Å². The lowest BCUT2D eigenvalue weighted by molar-refractivity contribution is 0.182. The highest BCUT2D eigenvalue weighted by atomic mass is 15.2. The lowest BCUT2D eigenvalue weighted by Crippen LogP contribution is -2.40. The quantitative estimate of drug-likeness (QED) is 0.823. The summed E-state index contributed by atoms with van der Waals surface area (Å²) in [5, 5.41) is 3.33. The molecule has 1 heterocycles. The van der Waals surface area contributed by atoms with Crippen molar-refractivity contribution >= 4 is 5.82 Å². The molecule has 0 amide bonds. The highest BCUT2D eigenvalue weighted by molar-refractivity contribution is 5.32. The molecule has 1 rings (SSSR count). The Kier molecular flexibility index (Phi) is 5.35. The number of aromatic nitrogens is 2. The van der Waals surface area contributed by atoms with Crippen molar-refractivity contribution in [2.45, 2.75) is 46.7 Å². The highest BCUT2D eigenvalue weighted by Crippen LogP contribution is 2.05. The molecule has 0 radical (unpaired) electrons. The first kappa shape index (κ1) is 13.9. The van der Waals surface area contributed by atoms with Crippen LogP contribution in [0.15, 0.2) is 12.3 Å². The van der Waals surface area contributed by atoms with Gasteiger partial charge in [0.25, 0.3) is 0 Å². The second kappa shape index (κ2) is 6.55. The Hall–Kier alpha value is -1.16. The molecule has 0 saturated carbocycles. The number of hydrogen-bond acceptors (Lipinski definition) is 4. The van der Waals surface area contributed by atoms with Gasteiger partial charge in [0, 0.05) is 31.4 Å². The van der Waals surface area contributed by atoms with E-state index in [0.29, 0.717) is 12.1 Å². The van der Waals surface area contributed by atoms with Crippen molar-refractivity contribution in [3.63, 3.8) is 0 Å². The van der Waals surface area contributed by atoms with Gasteiger partial charge in [-0.3, -0.25) is 4.90 Å².